The van der Waals surface area contributed by atoms with Gasteiger partial charge in [-0.15, -0.1) is 0 Å². The molecule has 0 bridgehead atoms. The second-order valence-electron chi connectivity index (χ2n) is 5.25. The first-order chi connectivity index (χ1) is 10.1. The van der Waals surface area contributed by atoms with Gasteiger partial charge in [-0.1, -0.05) is 6.92 Å². The molecule has 1 saturated carbocycles. The molecule has 0 saturated heterocycles. The predicted octanol–water partition coefficient (Wildman–Crippen LogP) is 3.53. The van der Waals surface area contributed by atoms with Gasteiger partial charge in [0, 0.05) is 11.3 Å². The van der Waals surface area contributed by atoms with Gasteiger partial charge in [-0.05, 0) is 50.1 Å². The number of nitrogens with two attached hydrogens (primary N) is 1. The van der Waals surface area contributed by atoms with E-state index in [0.29, 0.717) is 23.9 Å². The molecule has 116 valence electrons. The molecule has 5 heteroatoms. The first kappa shape index (κ1) is 16.0. The number of hydrogen-bond acceptors (Lipinski definition) is 5. The lowest BCUT2D eigenvalue weighted by atomic mass is 10.1. The van der Waals surface area contributed by atoms with Gasteiger partial charge in [-0.2, -0.15) is 11.8 Å². The maximum Gasteiger partial charge on any atom is 0.338 e. The Morgan fingerprint density at radius 1 is 1.43 bits per heavy atom. The van der Waals surface area contributed by atoms with Crippen LogP contribution in [0.15, 0.2) is 18.2 Å². The number of carbonyl (C=O) groups excluding carboxylic acids is 1. The second kappa shape index (κ2) is 7.59. The lowest BCUT2D eigenvalue weighted by molar-refractivity contribution is 0.0526. The maximum absolute atomic E-state index is 11.7. The molecule has 0 amide bonds. The number of thioether (sulfide) groups is 1. The molecule has 2 rings (SSSR count). The van der Waals surface area contributed by atoms with E-state index < -0.39 is 0 Å². The number of nitrogens with one attached hydrogen (secondary N) is 1. The van der Waals surface area contributed by atoms with E-state index in [1.54, 1.807) is 19.1 Å². The molecular weight excluding hydrogens is 284 g/mol. The molecule has 1 fully saturated rings. The zero-order valence-corrected chi connectivity index (χ0v) is 13.5. The third-order valence-electron chi connectivity index (χ3n) is 3.71. The zero-order chi connectivity index (χ0) is 15.2. The molecule has 0 spiro atoms. The van der Waals surface area contributed by atoms with Crippen molar-refractivity contribution in [3.63, 3.8) is 0 Å². The number of ether oxygens (including phenoxy) is 1. The van der Waals surface area contributed by atoms with Crippen LogP contribution in [-0.4, -0.2) is 29.6 Å². The largest absolute Gasteiger partial charge is 0.462 e. The van der Waals surface area contributed by atoms with E-state index in [4.69, 9.17) is 10.5 Å². The van der Waals surface area contributed by atoms with Crippen LogP contribution in [0.2, 0.25) is 0 Å². The van der Waals surface area contributed by atoms with Gasteiger partial charge in [-0.25, -0.2) is 4.79 Å². The molecule has 3 N–H and O–H groups in total. The Morgan fingerprint density at radius 2 is 2.24 bits per heavy atom. The Morgan fingerprint density at radius 3 is 2.90 bits per heavy atom. The Kier molecular flexibility index (Phi) is 5.79. The normalized spacial score (nSPS) is 21.2. The topological polar surface area (TPSA) is 64.3 Å². The molecule has 21 heavy (non-hydrogen) atoms. The molecule has 4 nitrogen and oxygen atoms in total. The number of rotatable bonds is 6. The summed E-state index contributed by atoms with van der Waals surface area (Å²) in [4.78, 5) is 11.7. The van der Waals surface area contributed by atoms with Gasteiger partial charge in [-0.3, -0.25) is 0 Å². The SMILES string of the molecule is CCOC(=O)c1ccc(NC2CCC(SCC)C2)c(N)c1. The Hall–Kier alpha value is -1.36. The summed E-state index contributed by atoms with van der Waals surface area (Å²) < 4.78 is 4.98. The quantitative estimate of drug-likeness (QED) is 0.622. The van der Waals surface area contributed by atoms with Crippen molar-refractivity contribution in [2.75, 3.05) is 23.4 Å². The van der Waals surface area contributed by atoms with Crippen molar-refractivity contribution < 1.29 is 9.53 Å². The number of benzene rings is 1. The van der Waals surface area contributed by atoms with Gasteiger partial charge in [0.15, 0.2) is 0 Å². The first-order valence-corrected chi connectivity index (χ1v) is 8.63. The molecule has 2 unspecified atom stereocenters. The smallest absolute Gasteiger partial charge is 0.338 e. The van der Waals surface area contributed by atoms with Crippen LogP contribution in [0.25, 0.3) is 0 Å². The second-order valence-corrected chi connectivity index (χ2v) is 6.83. The van der Waals surface area contributed by atoms with E-state index in [1.165, 1.54) is 25.0 Å². The minimum absolute atomic E-state index is 0.323. The van der Waals surface area contributed by atoms with Gasteiger partial charge in [0.1, 0.15) is 0 Å². The highest BCUT2D eigenvalue weighted by atomic mass is 32.2. The van der Waals surface area contributed by atoms with Crippen LogP contribution >= 0.6 is 11.8 Å². The first-order valence-electron chi connectivity index (χ1n) is 7.58. The molecule has 0 aliphatic heterocycles. The molecule has 1 aliphatic rings. The van der Waals surface area contributed by atoms with E-state index in [1.807, 2.05) is 17.8 Å². The average Bonchev–Trinajstić information content (AvgIpc) is 2.89. The average molecular weight is 308 g/mol. The Bertz CT molecular complexity index is 493. The van der Waals surface area contributed by atoms with Crippen molar-refractivity contribution in [2.45, 2.75) is 44.4 Å². The van der Waals surface area contributed by atoms with Crippen LogP contribution < -0.4 is 11.1 Å². The fourth-order valence-electron chi connectivity index (χ4n) is 2.71. The van der Waals surface area contributed by atoms with E-state index in [9.17, 15) is 4.79 Å². The van der Waals surface area contributed by atoms with E-state index in [-0.39, 0.29) is 5.97 Å². The molecule has 1 aromatic carbocycles. The van der Waals surface area contributed by atoms with Crippen LogP contribution in [0, 0.1) is 0 Å². The van der Waals surface area contributed by atoms with Crippen LogP contribution in [0.4, 0.5) is 11.4 Å². The molecule has 2 atom stereocenters. The molecule has 0 aromatic heterocycles. The molecule has 1 aromatic rings. The highest BCUT2D eigenvalue weighted by Crippen LogP contribution is 2.32. The highest BCUT2D eigenvalue weighted by Gasteiger charge is 2.24. The Labute approximate surface area is 130 Å². The van der Waals surface area contributed by atoms with Crippen LogP contribution in [0.1, 0.15) is 43.5 Å². The summed E-state index contributed by atoms with van der Waals surface area (Å²) >= 11 is 2.04. The number of hydrogen-bond donors (Lipinski definition) is 2. The van der Waals surface area contributed by atoms with Gasteiger partial charge in [0.2, 0.25) is 0 Å². The molecule has 1 aliphatic carbocycles. The number of carbonyl (C=O) groups is 1. The van der Waals surface area contributed by atoms with Crippen LogP contribution in [0.3, 0.4) is 0 Å². The summed E-state index contributed by atoms with van der Waals surface area (Å²) in [5.41, 5.74) is 8.07. The van der Waals surface area contributed by atoms with E-state index >= 15 is 0 Å². The number of nitrogen functional groups attached to an aromatic ring is 1. The van der Waals surface area contributed by atoms with Crippen LogP contribution in [0.5, 0.6) is 0 Å². The number of esters is 1. The zero-order valence-electron chi connectivity index (χ0n) is 12.7. The maximum atomic E-state index is 11.7. The van der Waals surface area contributed by atoms with Crippen molar-refractivity contribution >= 4 is 29.1 Å². The van der Waals surface area contributed by atoms with Gasteiger partial charge in [0.05, 0.1) is 23.5 Å². The van der Waals surface area contributed by atoms with Crippen molar-refractivity contribution in [3.8, 4) is 0 Å². The van der Waals surface area contributed by atoms with Crippen molar-refractivity contribution in [1.82, 2.24) is 0 Å². The van der Waals surface area contributed by atoms with Crippen molar-refractivity contribution in [3.05, 3.63) is 23.8 Å². The van der Waals surface area contributed by atoms with E-state index in [0.717, 1.165) is 10.9 Å². The number of anilines is 2. The third kappa shape index (κ3) is 4.30. The lowest BCUT2D eigenvalue weighted by Gasteiger charge is -2.16. The van der Waals surface area contributed by atoms with Crippen LogP contribution in [-0.2, 0) is 4.74 Å². The summed E-state index contributed by atoms with van der Waals surface area (Å²) in [7, 11) is 0. The molecular formula is C16H24N2O2S. The molecule has 0 radical (unpaired) electrons. The highest BCUT2D eigenvalue weighted by molar-refractivity contribution is 7.99. The summed E-state index contributed by atoms with van der Waals surface area (Å²) in [5.74, 6) is 0.851. The summed E-state index contributed by atoms with van der Waals surface area (Å²) in [5, 5.41) is 4.26. The van der Waals surface area contributed by atoms with Crippen molar-refractivity contribution in [2.24, 2.45) is 0 Å². The predicted molar refractivity (Wildman–Crippen MR) is 90.0 cm³/mol. The Balaban J connectivity index is 1.97. The van der Waals surface area contributed by atoms with Gasteiger partial charge >= 0.3 is 5.97 Å². The summed E-state index contributed by atoms with van der Waals surface area (Å²) in [6.07, 6.45) is 3.62. The minimum atomic E-state index is -0.323. The lowest BCUT2D eigenvalue weighted by Crippen LogP contribution is -2.17. The van der Waals surface area contributed by atoms with Gasteiger partial charge < -0.3 is 15.8 Å². The third-order valence-corrected chi connectivity index (χ3v) is 4.94. The monoisotopic (exact) mass is 308 g/mol. The fourth-order valence-corrected chi connectivity index (χ4v) is 3.86. The minimum Gasteiger partial charge on any atom is -0.462 e. The fraction of sp³-hybridized carbons (Fsp3) is 0.562. The van der Waals surface area contributed by atoms with E-state index in [2.05, 4.69) is 12.2 Å². The van der Waals surface area contributed by atoms with Crippen molar-refractivity contribution in [1.29, 1.82) is 0 Å². The van der Waals surface area contributed by atoms with Gasteiger partial charge in [0.25, 0.3) is 0 Å². The summed E-state index contributed by atoms with van der Waals surface area (Å²) in [6, 6.07) is 5.81. The molecule has 0 heterocycles. The summed E-state index contributed by atoms with van der Waals surface area (Å²) in [6.45, 7) is 4.37. The standard InChI is InChI=1S/C16H24N2O2S/c1-3-20-16(19)11-5-8-15(14(17)9-11)18-12-6-7-13(10-12)21-4-2/h5,8-9,12-13,18H,3-4,6-7,10,17H2,1-2H3.